The van der Waals surface area contributed by atoms with E-state index in [0.29, 0.717) is 5.82 Å². The predicted octanol–water partition coefficient (Wildman–Crippen LogP) is 0.850. The van der Waals surface area contributed by atoms with Gasteiger partial charge in [-0.1, -0.05) is 0 Å². The van der Waals surface area contributed by atoms with Gasteiger partial charge < -0.3 is 10.2 Å². The van der Waals surface area contributed by atoms with Gasteiger partial charge in [-0.3, -0.25) is 4.68 Å². The van der Waals surface area contributed by atoms with Crippen molar-refractivity contribution >= 4 is 11.5 Å². The molecule has 0 aliphatic rings. The van der Waals surface area contributed by atoms with E-state index in [9.17, 15) is 0 Å². The Labute approximate surface area is 111 Å². The molecule has 2 aromatic rings. The van der Waals surface area contributed by atoms with E-state index >= 15 is 0 Å². The highest BCUT2D eigenvalue weighted by Crippen LogP contribution is 2.15. The molecule has 7 heteroatoms. The Morgan fingerprint density at radius 2 is 2.16 bits per heavy atom. The maximum absolute atomic E-state index is 8.93. The fraction of sp³-hybridized carbons (Fsp3) is 0.333. The minimum atomic E-state index is 0.267. The quantitative estimate of drug-likeness (QED) is 0.855. The Morgan fingerprint density at radius 1 is 1.37 bits per heavy atom. The van der Waals surface area contributed by atoms with Gasteiger partial charge in [-0.2, -0.15) is 10.4 Å². The molecular formula is C12H15N7. The molecule has 2 aromatic heterocycles. The molecule has 0 spiro atoms. The zero-order valence-electron chi connectivity index (χ0n) is 10.9. The summed E-state index contributed by atoms with van der Waals surface area (Å²) in [5.74, 6) is 0.442. The fourth-order valence-electron chi connectivity index (χ4n) is 1.50. The van der Waals surface area contributed by atoms with E-state index in [-0.39, 0.29) is 5.69 Å². The molecule has 7 nitrogen and oxygen atoms in total. The Kier molecular flexibility index (Phi) is 4.05. The van der Waals surface area contributed by atoms with Gasteiger partial charge in [-0.25, -0.2) is 9.97 Å². The minimum Gasteiger partial charge on any atom is -0.335 e. The van der Waals surface area contributed by atoms with Crippen LogP contribution in [0.2, 0.25) is 0 Å². The van der Waals surface area contributed by atoms with E-state index in [0.717, 1.165) is 18.8 Å². The van der Waals surface area contributed by atoms with Crippen molar-refractivity contribution in [1.29, 1.82) is 5.26 Å². The Hall–Kier alpha value is -2.46. The third-order valence-corrected chi connectivity index (χ3v) is 2.48. The van der Waals surface area contributed by atoms with Gasteiger partial charge in [0, 0.05) is 25.1 Å². The fourth-order valence-corrected chi connectivity index (χ4v) is 1.50. The molecule has 0 unspecified atom stereocenters. The first kappa shape index (κ1) is 13.0. The second-order valence-electron chi connectivity index (χ2n) is 4.29. The van der Waals surface area contributed by atoms with E-state index in [1.165, 1.54) is 6.20 Å². The lowest BCUT2D eigenvalue weighted by molar-refractivity contribution is 0.373. The molecule has 0 aliphatic heterocycles. The van der Waals surface area contributed by atoms with E-state index in [2.05, 4.69) is 25.3 Å². The molecule has 2 heterocycles. The van der Waals surface area contributed by atoms with Crippen LogP contribution in [0, 0.1) is 11.3 Å². The molecule has 0 saturated carbocycles. The van der Waals surface area contributed by atoms with Crippen LogP contribution in [0.15, 0.2) is 24.8 Å². The molecule has 0 amide bonds. The number of anilines is 2. The highest BCUT2D eigenvalue weighted by molar-refractivity contribution is 5.58. The van der Waals surface area contributed by atoms with Crippen molar-refractivity contribution in [3.05, 3.63) is 30.5 Å². The molecule has 0 aromatic carbocycles. The third kappa shape index (κ3) is 3.50. The maximum atomic E-state index is 8.93. The van der Waals surface area contributed by atoms with Crippen molar-refractivity contribution < 1.29 is 0 Å². The number of hydrogen-bond acceptors (Lipinski definition) is 6. The number of nitrogens with one attached hydrogen (secondary N) is 1. The van der Waals surface area contributed by atoms with Crippen LogP contribution in [0.3, 0.4) is 0 Å². The van der Waals surface area contributed by atoms with E-state index in [4.69, 9.17) is 5.26 Å². The van der Waals surface area contributed by atoms with E-state index in [1.54, 1.807) is 12.4 Å². The summed E-state index contributed by atoms with van der Waals surface area (Å²) in [5, 5.41) is 16.2. The van der Waals surface area contributed by atoms with Gasteiger partial charge in [-0.15, -0.1) is 0 Å². The van der Waals surface area contributed by atoms with Crippen LogP contribution in [0.25, 0.3) is 0 Å². The molecule has 1 N–H and O–H groups in total. The maximum Gasteiger partial charge on any atom is 0.183 e. The first-order valence-corrected chi connectivity index (χ1v) is 5.84. The molecule has 2 rings (SSSR count). The monoisotopic (exact) mass is 257 g/mol. The third-order valence-electron chi connectivity index (χ3n) is 2.48. The second-order valence-corrected chi connectivity index (χ2v) is 4.29. The molecule has 0 fully saturated rings. The predicted molar refractivity (Wildman–Crippen MR) is 70.8 cm³/mol. The number of rotatable bonds is 5. The van der Waals surface area contributed by atoms with Gasteiger partial charge in [0.15, 0.2) is 11.5 Å². The lowest BCUT2D eigenvalue weighted by atomic mass is 10.4. The van der Waals surface area contributed by atoms with Crippen LogP contribution in [0.1, 0.15) is 5.69 Å². The van der Waals surface area contributed by atoms with Gasteiger partial charge in [0.2, 0.25) is 0 Å². The lowest BCUT2D eigenvalue weighted by Gasteiger charge is -2.08. The molecule has 0 atom stereocenters. The summed E-state index contributed by atoms with van der Waals surface area (Å²) in [6.07, 6.45) is 6.61. The van der Waals surface area contributed by atoms with Crippen LogP contribution in [0.4, 0.5) is 11.5 Å². The lowest BCUT2D eigenvalue weighted by Crippen LogP contribution is -2.18. The van der Waals surface area contributed by atoms with Crippen LogP contribution in [-0.4, -0.2) is 45.3 Å². The van der Waals surface area contributed by atoms with Crippen molar-refractivity contribution in [2.45, 2.75) is 6.54 Å². The summed E-state index contributed by atoms with van der Waals surface area (Å²) in [6.45, 7) is 1.72. The minimum absolute atomic E-state index is 0.267. The highest BCUT2D eigenvalue weighted by Gasteiger charge is 2.06. The first-order chi connectivity index (χ1) is 9.19. The summed E-state index contributed by atoms with van der Waals surface area (Å²) in [7, 11) is 4.03. The van der Waals surface area contributed by atoms with Crippen molar-refractivity contribution in [2.24, 2.45) is 0 Å². The van der Waals surface area contributed by atoms with Crippen molar-refractivity contribution in [2.75, 3.05) is 26.0 Å². The average Bonchev–Trinajstić information content (AvgIpc) is 2.85. The van der Waals surface area contributed by atoms with Gasteiger partial charge >= 0.3 is 0 Å². The van der Waals surface area contributed by atoms with Crippen LogP contribution in [0.5, 0.6) is 0 Å². The van der Waals surface area contributed by atoms with Gasteiger partial charge in [-0.05, 0) is 14.1 Å². The van der Waals surface area contributed by atoms with E-state index < -0.39 is 0 Å². The van der Waals surface area contributed by atoms with Crippen molar-refractivity contribution in [3.8, 4) is 6.07 Å². The normalized spacial score (nSPS) is 10.4. The number of aromatic nitrogens is 4. The Bertz CT molecular complexity index is 582. The van der Waals surface area contributed by atoms with Gasteiger partial charge in [0.25, 0.3) is 0 Å². The van der Waals surface area contributed by atoms with Gasteiger partial charge in [0.05, 0.1) is 18.4 Å². The van der Waals surface area contributed by atoms with Gasteiger partial charge in [0.1, 0.15) is 6.07 Å². The summed E-state index contributed by atoms with van der Waals surface area (Å²) in [4.78, 5) is 10.1. The SMILES string of the molecule is CN(C)CCn1cc(Nc2nccnc2C#N)cn1. The molecule has 19 heavy (non-hydrogen) atoms. The summed E-state index contributed by atoms with van der Waals surface area (Å²) in [6, 6.07) is 1.99. The van der Waals surface area contributed by atoms with Crippen LogP contribution in [-0.2, 0) is 6.54 Å². The largest absolute Gasteiger partial charge is 0.335 e. The topological polar surface area (TPSA) is 82.7 Å². The van der Waals surface area contributed by atoms with Crippen LogP contribution < -0.4 is 5.32 Å². The Balaban J connectivity index is 2.06. The summed E-state index contributed by atoms with van der Waals surface area (Å²) < 4.78 is 1.84. The molecule has 0 aliphatic carbocycles. The molecule has 98 valence electrons. The van der Waals surface area contributed by atoms with Crippen molar-refractivity contribution in [3.63, 3.8) is 0 Å². The molecule has 0 saturated heterocycles. The molecular weight excluding hydrogens is 242 g/mol. The molecule has 0 radical (unpaired) electrons. The van der Waals surface area contributed by atoms with E-state index in [1.807, 2.05) is 31.0 Å². The van der Waals surface area contributed by atoms with Crippen LogP contribution >= 0.6 is 0 Å². The average molecular weight is 257 g/mol. The number of nitrogens with zero attached hydrogens (tertiary/aromatic N) is 6. The number of likely N-dealkylation sites (N-methyl/N-ethyl adjacent to an activating group) is 1. The molecule has 0 bridgehead atoms. The number of nitriles is 1. The second kappa shape index (κ2) is 5.93. The van der Waals surface area contributed by atoms with Crippen molar-refractivity contribution in [1.82, 2.24) is 24.6 Å². The number of hydrogen-bond donors (Lipinski definition) is 1. The Morgan fingerprint density at radius 3 is 2.89 bits per heavy atom. The zero-order chi connectivity index (χ0) is 13.7. The first-order valence-electron chi connectivity index (χ1n) is 5.84. The summed E-state index contributed by atoms with van der Waals surface area (Å²) >= 11 is 0. The summed E-state index contributed by atoms with van der Waals surface area (Å²) in [5.41, 5.74) is 1.05. The highest BCUT2D eigenvalue weighted by atomic mass is 15.3. The standard InChI is InChI=1S/C12H15N7/c1-18(2)5-6-19-9-10(8-16-19)17-12-11(7-13)14-3-4-15-12/h3-4,8-9H,5-6H2,1-2H3,(H,15,17). The smallest absolute Gasteiger partial charge is 0.183 e. The zero-order valence-corrected chi connectivity index (χ0v) is 10.9.